The number of anilines is 1. The maximum Gasteiger partial charge on any atom is 0.412 e. The lowest BCUT2D eigenvalue weighted by molar-refractivity contribution is -0.136. The number of rotatable bonds is 4. The highest BCUT2D eigenvalue weighted by Crippen LogP contribution is 2.19. The zero-order valence-corrected chi connectivity index (χ0v) is 17.2. The normalized spacial score (nSPS) is 12.0. The number of carbonyl (C=O) groups is 3. The van der Waals surface area contributed by atoms with Gasteiger partial charge in [-0.15, -0.1) is 0 Å². The first-order valence-electron chi connectivity index (χ1n) is 8.55. The smallest absolute Gasteiger partial charge is 0.412 e. The minimum Gasteiger partial charge on any atom is -0.464 e. The zero-order chi connectivity index (χ0) is 21.5. The van der Waals surface area contributed by atoms with E-state index in [1.807, 2.05) is 0 Å². The van der Waals surface area contributed by atoms with Crippen LogP contribution in [-0.4, -0.2) is 41.5 Å². The van der Waals surface area contributed by atoms with Crippen molar-refractivity contribution >= 4 is 29.9 Å². The van der Waals surface area contributed by atoms with Gasteiger partial charge in [0.25, 0.3) is 0 Å². The second kappa shape index (κ2) is 9.20. The molecule has 0 aromatic carbocycles. The van der Waals surface area contributed by atoms with Crippen LogP contribution < -0.4 is 10.6 Å². The second-order valence-corrected chi connectivity index (χ2v) is 7.77. The number of hydrogen-bond donors (Lipinski definition) is 2. The Morgan fingerprint density at radius 3 is 2.11 bits per heavy atom. The molecule has 1 rings (SSSR count). The van der Waals surface area contributed by atoms with E-state index in [1.165, 1.54) is 31.6 Å². The summed E-state index contributed by atoms with van der Waals surface area (Å²) in [5.74, 6) is -0.794. The summed E-state index contributed by atoms with van der Waals surface area (Å²) >= 11 is 0. The Bertz CT molecular complexity index is 760. The van der Waals surface area contributed by atoms with Crippen molar-refractivity contribution in [3.05, 3.63) is 29.7 Å². The molecule has 0 saturated carbocycles. The molecule has 28 heavy (non-hydrogen) atoms. The van der Waals surface area contributed by atoms with E-state index >= 15 is 0 Å². The predicted octanol–water partition coefficient (Wildman–Crippen LogP) is 3.47. The van der Waals surface area contributed by atoms with Gasteiger partial charge in [-0.05, 0) is 53.7 Å². The van der Waals surface area contributed by atoms with Crippen molar-refractivity contribution in [3.8, 4) is 0 Å². The number of nitrogens with one attached hydrogen (secondary N) is 2. The van der Waals surface area contributed by atoms with Gasteiger partial charge in [0.2, 0.25) is 0 Å². The Labute approximate surface area is 164 Å². The van der Waals surface area contributed by atoms with Crippen LogP contribution in [0.5, 0.6) is 0 Å². The summed E-state index contributed by atoms with van der Waals surface area (Å²) in [5.41, 5.74) is -0.926. The number of pyridine rings is 1. The quantitative estimate of drug-likeness (QED) is 0.457. The Morgan fingerprint density at radius 1 is 1.00 bits per heavy atom. The van der Waals surface area contributed by atoms with E-state index in [4.69, 9.17) is 14.2 Å². The molecule has 1 aromatic heterocycles. The topological polar surface area (TPSA) is 116 Å². The number of aromatic nitrogens is 1. The molecular weight excluding hydrogens is 366 g/mol. The van der Waals surface area contributed by atoms with Crippen LogP contribution in [0.1, 0.15) is 47.1 Å². The molecule has 0 aliphatic heterocycles. The minimum atomic E-state index is -0.824. The van der Waals surface area contributed by atoms with Crippen molar-refractivity contribution in [1.29, 1.82) is 0 Å². The number of nitrogens with zero attached hydrogens (tertiary/aromatic N) is 1. The van der Waals surface area contributed by atoms with E-state index in [-0.39, 0.29) is 5.70 Å². The fraction of sp³-hybridized carbons (Fsp3) is 0.474. The molecule has 0 aliphatic rings. The monoisotopic (exact) mass is 393 g/mol. The number of alkyl carbamates (subject to hydrolysis) is 1. The first kappa shape index (κ1) is 22.9. The minimum absolute atomic E-state index is 0.183. The lowest BCUT2D eigenvalue weighted by Crippen LogP contribution is -2.34. The Balaban J connectivity index is 3.13. The lowest BCUT2D eigenvalue weighted by Gasteiger charge is -2.21. The fourth-order valence-corrected chi connectivity index (χ4v) is 1.87. The van der Waals surface area contributed by atoms with Crippen LogP contribution in [0, 0.1) is 0 Å². The average Bonchev–Trinajstić information content (AvgIpc) is 2.51. The molecule has 1 aromatic rings. The molecule has 9 nitrogen and oxygen atoms in total. The number of esters is 1. The van der Waals surface area contributed by atoms with Crippen LogP contribution in [0.3, 0.4) is 0 Å². The summed E-state index contributed by atoms with van der Waals surface area (Å²) in [4.78, 5) is 40.1. The van der Waals surface area contributed by atoms with Gasteiger partial charge in [-0.25, -0.2) is 14.4 Å². The molecule has 0 atom stereocenters. The number of carbonyl (C=O) groups excluding carboxylic acids is 3. The number of methoxy groups -OCH3 is 1. The molecule has 0 spiro atoms. The molecule has 9 heteroatoms. The van der Waals surface area contributed by atoms with Crippen molar-refractivity contribution in [3.63, 3.8) is 0 Å². The highest BCUT2D eigenvalue weighted by Gasteiger charge is 2.21. The Kier molecular flexibility index (Phi) is 7.54. The van der Waals surface area contributed by atoms with Gasteiger partial charge in [0.1, 0.15) is 16.9 Å². The van der Waals surface area contributed by atoms with E-state index in [1.54, 1.807) is 41.5 Å². The van der Waals surface area contributed by atoms with E-state index in [2.05, 4.69) is 15.6 Å². The molecule has 2 amide bonds. The molecular formula is C19H27N3O6. The van der Waals surface area contributed by atoms with E-state index in [0.717, 1.165) is 0 Å². The summed E-state index contributed by atoms with van der Waals surface area (Å²) in [5, 5.41) is 4.92. The van der Waals surface area contributed by atoms with Gasteiger partial charge in [0.15, 0.2) is 0 Å². The number of ether oxygens (including phenoxy) is 3. The molecule has 0 radical (unpaired) electrons. The van der Waals surface area contributed by atoms with Gasteiger partial charge in [-0.3, -0.25) is 15.6 Å². The van der Waals surface area contributed by atoms with Crippen LogP contribution in [0.15, 0.2) is 24.2 Å². The van der Waals surface area contributed by atoms with Gasteiger partial charge in [0.05, 0.1) is 12.8 Å². The van der Waals surface area contributed by atoms with Gasteiger partial charge in [0, 0.05) is 18.0 Å². The largest absolute Gasteiger partial charge is 0.464 e. The maximum absolute atomic E-state index is 12.0. The summed E-state index contributed by atoms with van der Waals surface area (Å²) in [6.45, 7) is 10.3. The third kappa shape index (κ3) is 8.52. The van der Waals surface area contributed by atoms with Crippen molar-refractivity contribution in [1.82, 2.24) is 10.3 Å². The second-order valence-electron chi connectivity index (χ2n) is 7.77. The summed E-state index contributed by atoms with van der Waals surface area (Å²) < 4.78 is 15.1. The highest BCUT2D eigenvalue weighted by atomic mass is 16.6. The van der Waals surface area contributed by atoms with Crippen molar-refractivity contribution in [2.75, 3.05) is 12.4 Å². The van der Waals surface area contributed by atoms with E-state index in [9.17, 15) is 14.4 Å². The predicted molar refractivity (Wildman–Crippen MR) is 103 cm³/mol. The SMILES string of the molecule is COC(=O)C(=Cc1cnccc1NC(=O)OC(C)(C)C)NC(=O)OC(C)(C)C. The molecule has 1 heterocycles. The van der Waals surface area contributed by atoms with Crippen molar-refractivity contribution in [2.45, 2.75) is 52.7 Å². The Morgan fingerprint density at radius 2 is 1.57 bits per heavy atom. The van der Waals surface area contributed by atoms with Gasteiger partial charge < -0.3 is 14.2 Å². The first-order chi connectivity index (χ1) is 12.8. The average molecular weight is 393 g/mol. The molecule has 2 N–H and O–H groups in total. The van der Waals surface area contributed by atoms with Gasteiger partial charge in [-0.1, -0.05) is 0 Å². The molecule has 0 saturated heterocycles. The van der Waals surface area contributed by atoms with Gasteiger partial charge >= 0.3 is 18.2 Å². The van der Waals surface area contributed by atoms with E-state index < -0.39 is 29.4 Å². The number of hydrogen-bond acceptors (Lipinski definition) is 7. The molecule has 0 bridgehead atoms. The lowest BCUT2D eigenvalue weighted by atomic mass is 10.2. The highest BCUT2D eigenvalue weighted by molar-refractivity contribution is 5.98. The van der Waals surface area contributed by atoms with Crippen LogP contribution >= 0.6 is 0 Å². The summed E-state index contributed by atoms with van der Waals surface area (Å²) in [6.07, 6.45) is 2.69. The fourth-order valence-electron chi connectivity index (χ4n) is 1.87. The van der Waals surface area contributed by atoms with Crippen molar-refractivity contribution < 1.29 is 28.6 Å². The van der Waals surface area contributed by atoms with Crippen molar-refractivity contribution in [2.24, 2.45) is 0 Å². The Hall–Kier alpha value is -3.10. The standard InChI is InChI=1S/C19H27N3O6/c1-18(2,3)27-16(24)21-13-8-9-20-11-12(13)10-14(15(23)26-7)22-17(25)28-19(4,5)6/h8-11H,1-7H3,(H,22,25)(H,20,21,24). The van der Waals surface area contributed by atoms with Crippen LogP contribution in [0.2, 0.25) is 0 Å². The van der Waals surface area contributed by atoms with Crippen LogP contribution in [0.4, 0.5) is 15.3 Å². The number of amides is 2. The van der Waals surface area contributed by atoms with Crippen LogP contribution in [0.25, 0.3) is 6.08 Å². The molecule has 154 valence electrons. The maximum atomic E-state index is 12.0. The first-order valence-corrected chi connectivity index (χ1v) is 8.55. The summed E-state index contributed by atoms with van der Waals surface area (Å²) in [6, 6.07) is 1.53. The molecule has 0 unspecified atom stereocenters. The molecule has 0 fully saturated rings. The third-order valence-corrected chi connectivity index (χ3v) is 2.83. The zero-order valence-electron chi connectivity index (χ0n) is 17.2. The molecule has 0 aliphatic carbocycles. The van der Waals surface area contributed by atoms with E-state index in [0.29, 0.717) is 11.3 Å². The van der Waals surface area contributed by atoms with Gasteiger partial charge in [-0.2, -0.15) is 0 Å². The third-order valence-electron chi connectivity index (χ3n) is 2.83. The summed E-state index contributed by atoms with van der Waals surface area (Å²) in [7, 11) is 1.18. The van der Waals surface area contributed by atoms with Crippen LogP contribution in [-0.2, 0) is 19.0 Å².